The third kappa shape index (κ3) is 5.08. The summed E-state index contributed by atoms with van der Waals surface area (Å²) < 4.78 is 27.8. The van der Waals surface area contributed by atoms with E-state index in [-0.39, 0.29) is 16.5 Å². The van der Waals surface area contributed by atoms with Crippen molar-refractivity contribution in [2.24, 2.45) is 0 Å². The normalized spacial score (nSPS) is 12.8. The Morgan fingerprint density at radius 2 is 1.81 bits per heavy atom. The Bertz CT molecular complexity index is 1250. The van der Waals surface area contributed by atoms with Gasteiger partial charge in [0.2, 0.25) is 15.6 Å². The lowest BCUT2D eigenvalue weighted by Crippen LogP contribution is -2.32. The summed E-state index contributed by atoms with van der Waals surface area (Å²) in [5.41, 5.74) is 1.04. The van der Waals surface area contributed by atoms with Crippen LogP contribution in [0.25, 0.3) is 10.9 Å². The molecule has 0 fully saturated rings. The maximum atomic E-state index is 13.2. The summed E-state index contributed by atoms with van der Waals surface area (Å²) in [7, 11) is -3.72. The van der Waals surface area contributed by atoms with E-state index in [2.05, 4.69) is 10.3 Å². The number of rotatable bonds is 9. The van der Waals surface area contributed by atoms with Gasteiger partial charge in [0, 0.05) is 30.1 Å². The fourth-order valence-electron chi connectivity index (χ4n) is 3.61. The van der Waals surface area contributed by atoms with Crippen molar-refractivity contribution < 1.29 is 13.2 Å². The van der Waals surface area contributed by atoms with Crippen molar-refractivity contribution >= 4 is 26.8 Å². The molecule has 1 atom stereocenters. The van der Waals surface area contributed by atoms with Gasteiger partial charge in [-0.2, -0.15) is 4.31 Å². The van der Waals surface area contributed by atoms with E-state index in [0.29, 0.717) is 24.0 Å². The molecular formula is C24H29N3O4S. The lowest BCUT2D eigenvalue weighted by atomic mass is 10.1. The van der Waals surface area contributed by atoms with Gasteiger partial charge in [-0.1, -0.05) is 50.6 Å². The number of carbonyl (C=O) groups excluding carboxylic acids is 1. The first-order chi connectivity index (χ1) is 15.3. The van der Waals surface area contributed by atoms with Crippen molar-refractivity contribution in [3.05, 3.63) is 76.1 Å². The van der Waals surface area contributed by atoms with Gasteiger partial charge in [-0.15, -0.1) is 0 Å². The number of fused-ring (bicyclic) bond motifs is 1. The summed E-state index contributed by atoms with van der Waals surface area (Å²) in [4.78, 5) is 28.0. The van der Waals surface area contributed by atoms with Crippen LogP contribution in [0.3, 0.4) is 0 Å². The molecule has 0 aliphatic rings. The zero-order valence-electron chi connectivity index (χ0n) is 18.6. The standard InChI is InChI=1S/C24H29N3O4S/c1-4-6-14-27(5-2)32(30,31)19-12-13-22-20(15-19)21(16-23(28)26-22)24(29)25-17(3)18-10-8-7-9-11-18/h7-13,15-17H,4-6,14H2,1-3H3,(H,25,29)(H,26,28)/t17-/m1/s1. The number of benzene rings is 2. The highest BCUT2D eigenvalue weighted by molar-refractivity contribution is 7.89. The van der Waals surface area contributed by atoms with Gasteiger partial charge in [0.05, 0.1) is 16.5 Å². The molecule has 3 aromatic rings. The molecule has 0 aliphatic heterocycles. The third-order valence-electron chi connectivity index (χ3n) is 5.46. The largest absolute Gasteiger partial charge is 0.345 e. The van der Waals surface area contributed by atoms with Crippen LogP contribution in [0, 0.1) is 0 Å². The SMILES string of the molecule is CCCCN(CC)S(=O)(=O)c1ccc2[nH]c(=O)cc(C(=O)N[C@H](C)c3ccccc3)c2c1. The summed E-state index contributed by atoms with van der Waals surface area (Å²) in [5, 5.41) is 3.28. The summed E-state index contributed by atoms with van der Waals surface area (Å²) >= 11 is 0. The first-order valence-electron chi connectivity index (χ1n) is 10.8. The average molecular weight is 456 g/mol. The number of pyridine rings is 1. The second-order valence-electron chi connectivity index (χ2n) is 7.71. The highest BCUT2D eigenvalue weighted by Crippen LogP contribution is 2.24. The van der Waals surface area contributed by atoms with E-state index in [0.717, 1.165) is 18.4 Å². The molecular weight excluding hydrogens is 426 g/mol. The van der Waals surface area contributed by atoms with Gasteiger partial charge in [-0.25, -0.2) is 8.42 Å². The van der Waals surface area contributed by atoms with Crippen LogP contribution in [0.1, 0.15) is 55.6 Å². The van der Waals surface area contributed by atoms with Gasteiger partial charge in [0.1, 0.15) is 0 Å². The molecule has 0 unspecified atom stereocenters. The molecule has 1 aromatic heterocycles. The third-order valence-corrected chi connectivity index (χ3v) is 7.43. The van der Waals surface area contributed by atoms with Crippen molar-refractivity contribution in [3.8, 4) is 0 Å². The molecule has 7 nitrogen and oxygen atoms in total. The van der Waals surface area contributed by atoms with Gasteiger partial charge in [-0.05, 0) is 37.1 Å². The number of H-pyrrole nitrogens is 1. The Morgan fingerprint density at radius 1 is 1.09 bits per heavy atom. The van der Waals surface area contributed by atoms with E-state index < -0.39 is 21.5 Å². The second kappa shape index (κ2) is 10.1. The molecule has 0 aliphatic carbocycles. The van der Waals surface area contributed by atoms with E-state index >= 15 is 0 Å². The lowest BCUT2D eigenvalue weighted by molar-refractivity contribution is 0.0941. The fourth-order valence-corrected chi connectivity index (χ4v) is 5.13. The van der Waals surface area contributed by atoms with Crippen LogP contribution in [0.5, 0.6) is 0 Å². The van der Waals surface area contributed by atoms with E-state index in [4.69, 9.17) is 0 Å². The maximum Gasteiger partial charge on any atom is 0.252 e. The van der Waals surface area contributed by atoms with Gasteiger partial charge >= 0.3 is 0 Å². The van der Waals surface area contributed by atoms with Crippen LogP contribution in [0.4, 0.5) is 0 Å². The van der Waals surface area contributed by atoms with Crippen LogP contribution in [-0.2, 0) is 10.0 Å². The lowest BCUT2D eigenvalue weighted by Gasteiger charge is -2.21. The molecule has 2 aromatic carbocycles. The topological polar surface area (TPSA) is 99.3 Å². The highest BCUT2D eigenvalue weighted by Gasteiger charge is 2.24. The second-order valence-corrected chi connectivity index (χ2v) is 9.65. The molecule has 1 amide bonds. The van der Waals surface area contributed by atoms with Crippen LogP contribution >= 0.6 is 0 Å². The minimum atomic E-state index is -3.72. The molecule has 0 radical (unpaired) electrons. The molecule has 32 heavy (non-hydrogen) atoms. The molecule has 0 saturated carbocycles. The predicted molar refractivity (Wildman–Crippen MR) is 126 cm³/mol. The number of nitrogens with one attached hydrogen (secondary N) is 2. The zero-order valence-corrected chi connectivity index (χ0v) is 19.4. The summed E-state index contributed by atoms with van der Waals surface area (Å²) in [6.45, 7) is 6.45. The Balaban J connectivity index is 2.02. The van der Waals surface area contributed by atoms with Gasteiger partial charge in [0.15, 0.2) is 0 Å². The van der Waals surface area contributed by atoms with E-state index in [1.165, 1.54) is 28.6 Å². The van der Waals surface area contributed by atoms with Gasteiger partial charge < -0.3 is 10.3 Å². The number of nitrogens with zero attached hydrogens (tertiary/aromatic N) is 1. The van der Waals surface area contributed by atoms with Crippen LogP contribution in [0.15, 0.2) is 64.3 Å². The Labute approximate surface area is 188 Å². The van der Waals surface area contributed by atoms with Crippen molar-refractivity contribution in [2.45, 2.75) is 44.6 Å². The Morgan fingerprint density at radius 3 is 2.47 bits per heavy atom. The quantitative estimate of drug-likeness (QED) is 0.512. The van der Waals surface area contributed by atoms with Crippen molar-refractivity contribution in [3.63, 3.8) is 0 Å². The molecule has 170 valence electrons. The molecule has 3 rings (SSSR count). The van der Waals surface area contributed by atoms with Gasteiger partial charge in [0.25, 0.3) is 5.91 Å². The molecule has 8 heteroatoms. The number of sulfonamides is 1. The Kier molecular flexibility index (Phi) is 7.48. The van der Waals surface area contributed by atoms with Crippen molar-refractivity contribution in [2.75, 3.05) is 13.1 Å². The number of aromatic nitrogens is 1. The molecule has 1 heterocycles. The monoisotopic (exact) mass is 455 g/mol. The first kappa shape index (κ1) is 23.7. The van der Waals surface area contributed by atoms with Crippen LogP contribution in [-0.4, -0.2) is 36.7 Å². The van der Waals surface area contributed by atoms with Crippen molar-refractivity contribution in [1.82, 2.24) is 14.6 Å². The predicted octanol–water partition coefficient (Wildman–Crippen LogP) is 3.83. The first-order valence-corrected chi connectivity index (χ1v) is 12.2. The number of hydrogen-bond donors (Lipinski definition) is 2. The number of carbonyl (C=O) groups is 1. The number of amides is 1. The minimum absolute atomic E-state index is 0.0974. The number of aromatic amines is 1. The van der Waals surface area contributed by atoms with Gasteiger partial charge in [-0.3, -0.25) is 9.59 Å². The molecule has 0 bridgehead atoms. The number of unbranched alkanes of at least 4 members (excludes halogenated alkanes) is 1. The molecule has 0 spiro atoms. The maximum absolute atomic E-state index is 13.2. The van der Waals surface area contributed by atoms with E-state index in [1.54, 1.807) is 6.92 Å². The minimum Gasteiger partial charge on any atom is -0.345 e. The summed E-state index contributed by atoms with van der Waals surface area (Å²) in [5.74, 6) is -0.440. The van der Waals surface area contributed by atoms with Crippen LogP contribution < -0.4 is 10.9 Å². The number of hydrogen-bond acceptors (Lipinski definition) is 4. The summed E-state index contributed by atoms with van der Waals surface area (Å²) in [6.07, 6.45) is 1.65. The summed E-state index contributed by atoms with van der Waals surface area (Å²) in [6, 6.07) is 14.9. The highest BCUT2D eigenvalue weighted by atomic mass is 32.2. The van der Waals surface area contributed by atoms with E-state index in [1.807, 2.05) is 44.2 Å². The van der Waals surface area contributed by atoms with Crippen molar-refractivity contribution in [1.29, 1.82) is 0 Å². The zero-order chi connectivity index (χ0) is 23.3. The Hall–Kier alpha value is -2.97. The average Bonchev–Trinajstić information content (AvgIpc) is 2.79. The van der Waals surface area contributed by atoms with E-state index in [9.17, 15) is 18.0 Å². The fraction of sp³-hybridized carbons (Fsp3) is 0.333. The molecule has 2 N–H and O–H groups in total. The van der Waals surface area contributed by atoms with Crippen LogP contribution in [0.2, 0.25) is 0 Å². The smallest absolute Gasteiger partial charge is 0.252 e. The molecule has 0 saturated heterocycles.